The van der Waals surface area contributed by atoms with E-state index in [0.717, 1.165) is 0 Å². The average Bonchev–Trinajstić information content (AvgIpc) is 2.63. The van der Waals surface area contributed by atoms with E-state index in [1.165, 1.54) is 18.7 Å². The van der Waals surface area contributed by atoms with Gasteiger partial charge in [-0.3, -0.25) is 4.79 Å². The van der Waals surface area contributed by atoms with E-state index in [-0.39, 0.29) is 17.2 Å². The topological polar surface area (TPSA) is 103 Å². The number of hydrogen-bond acceptors (Lipinski definition) is 8. The summed E-state index contributed by atoms with van der Waals surface area (Å²) in [4.78, 5) is 34.2. The van der Waals surface area contributed by atoms with E-state index in [0.29, 0.717) is 0 Å². The molecule has 0 saturated carbocycles. The molecule has 0 aromatic heterocycles. The Morgan fingerprint density at radius 3 is 2.90 bits per heavy atom. The second kappa shape index (κ2) is 6.18. The van der Waals surface area contributed by atoms with E-state index in [4.69, 9.17) is 14.7 Å². The Morgan fingerprint density at radius 1 is 1.57 bits per heavy atom. The smallest absolute Gasteiger partial charge is 0.344 e. The lowest BCUT2D eigenvalue weighted by Crippen LogP contribution is -2.45. The fourth-order valence-corrected chi connectivity index (χ4v) is 3.47. The molecule has 0 aromatic rings. The van der Waals surface area contributed by atoms with Crippen LogP contribution in [0.4, 0.5) is 0 Å². The van der Waals surface area contributed by atoms with Crippen molar-refractivity contribution < 1.29 is 28.6 Å². The van der Waals surface area contributed by atoms with Crippen LogP contribution in [0.5, 0.6) is 0 Å². The number of esters is 3. The first kappa shape index (κ1) is 15.4. The molecule has 2 fully saturated rings. The lowest BCUT2D eigenvalue weighted by atomic mass is 10.0. The van der Waals surface area contributed by atoms with Gasteiger partial charge in [0.05, 0.1) is 17.7 Å². The molecule has 2 rings (SSSR count). The van der Waals surface area contributed by atoms with Gasteiger partial charge in [0.15, 0.2) is 18.8 Å². The maximum Gasteiger partial charge on any atom is 0.344 e. The van der Waals surface area contributed by atoms with Crippen molar-refractivity contribution in [3.8, 4) is 6.07 Å². The molecular weight excluding hydrogens is 298 g/mol. The van der Waals surface area contributed by atoms with Gasteiger partial charge in [-0.1, -0.05) is 6.58 Å². The molecule has 0 amide bonds. The zero-order valence-electron chi connectivity index (χ0n) is 11.2. The molecule has 4 atom stereocenters. The number of carbonyl (C=O) groups is 3. The van der Waals surface area contributed by atoms with Gasteiger partial charge in [0, 0.05) is 5.57 Å². The quantitative estimate of drug-likeness (QED) is 0.416. The van der Waals surface area contributed by atoms with Crippen molar-refractivity contribution in [3.05, 3.63) is 12.2 Å². The highest BCUT2D eigenvalue weighted by Crippen LogP contribution is 2.43. The molecule has 2 aliphatic heterocycles. The Kier molecular flexibility index (Phi) is 4.53. The lowest BCUT2D eigenvalue weighted by Gasteiger charge is -2.28. The van der Waals surface area contributed by atoms with E-state index >= 15 is 0 Å². The molecule has 2 bridgehead atoms. The largest absolute Gasteiger partial charge is 0.456 e. The highest BCUT2D eigenvalue weighted by Gasteiger charge is 2.53. The maximum absolute atomic E-state index is 11.7. The van der Waals surface area contributed by atoms with Crippen LogP contribution in [0.2, 0.25) is 0 Å². The summed E-state index contributed by atoms with van der Waals surface area (Å²) in [5, 5.41) is 8.14. The van der Waals surface area contributed by atoms with Gasteiger partial charge in [0.2, 0.25) is 0 Å². The Bertz CT molecular complexity index is 539. The summed E-state index contributed by atoms with van der Waals surface area (Å²) >= 11 is 1.26. The fraction of sp³-hybridized carbons (Fsp3) is 0.538. The monoisotopic (exact) mass is 311 g/mol. The van der Waals surface area contributed by atoms with Crippen molar-refractivity contribution in [2.45, 2.75) is 36.1 Å². The third-order valence-electron chi connectivity index (χ3n) is 3.01. The predicted octanol–water partition coefficient (Wildman–Crippen LogP) is 0.341. The highest BCUT2D eigenvalue weighted by molar-refractivity contribution is 8.01. The van der Waals surface area contributed by atoms with Gasteiger partial charge in [0.25, 0.3) is 0 Å². The Hall–Kier alpha value is -2.01. The van der Waals surface area contributed by atoms with E-state index < -0.39 is 42.0 Å². The molecule has 2 saturated heterocycles. The molecule has 0 radical (unpaired) electrons. The number of rotatable bonds is 4. The van der Waals surface area contributed by atoms with Crippen molar-refractivity contribution in [2.75, 3.05) is 6.61 Å². The molecule has 4 unspecified atom stereocenters. The zero-order valence-corrected chi connectivity index (χ0v) is 12.1. The number of nitriles is 1. The molecule has 112 valence electrons. The maximum atomic E-state index is 11.7. The van der Waals surface area contributed by atoms with Crippen LogP contribution in [0.3, 0.4) is 0 Å². The van der Waals surface area contributed by atoms with Crippen LogP contribution < -0.4 is 0 Å². The minimum absolute atomic E-state index is 0.0862. The van der Waals surface area contributed by atoms with Crippen molar-refractivity contribution in [2.24, 2.45) is 0 Å². The van der Waals surface area contributed by atoms with Crippen LogP contribution in [-0.2, 0) is 28.6 Å². The summed E-state index contributed by atoms with van der Waals surface area (Å²) in [6, 6.07) is 2.02. The molecule has 0 aliphatic carbocycles. The molecule has 7 nitrogen and oxygen atoms in total. The van der Waals surface area contributed by atoms with E-state index in [2.05, 4.69) is 11.3 Å². The second-order valence-corrected chi connectivity index (χ2v) is 6.08. The molecule has 2 heterocycles. The third-order valence-corrected chi connectivity index (χ3v) is 4.46. The number of ether oxygens (including phenoxy) is 3. The first-order valence-corrected chi connectivity index (χ1v) is 7.13. The predicted molar refractivity (Wildman–Crippen MR) is 70.9 cm³/mol. The summed E-state index contributed by atoms with van der Waals surface area (Å²) in [5.74, 6) is -1.84. The standard InChI is InChI=1S/C13H13NO6S/c1-6(2)13(17)18-5-10(16)20-11-7-3-9(15)19-12(11)8(4-14)21-7/h7-8,11-12H,1,3,5H2,2H3. The molecule has 21 heavy (non-hydrogen) atoms. The van der Waals surface area contributed by atoms with Crippen molar-refractivity contribution in [3.63, 3.8) is 0 Å². The molecule has 0 aromatic carbocycles. The second-order valence-electron chi connectivity index (χ2n) is 4.69. The highest BCUT2D eigenvalue weighted by atomic mass is 32.2. The summed E-state index contributed by atoms with van der Waals surface area (Å²) in [5.41, 5.74) is 0.176. The van der Waals surface area contributed by atoms with Crippen molar-refractivity contribution in [1.29, 1.82) is 5.26 Å². The first-order chi connectivity index (χ1) is 9.92. The molecule has 2 aliphatic rings. The number of thioether (sulfide) groups is 1. The molecule has 8 heteroatoms. The molecule has 0 spiro atoms. The third kappa shape index (κ3) is 3.36. The van der Waals surface area contributed by atoms with Crippen LogP contribution in [0.1, 0.15) is 13.3 Å². The molecule has 0 N–H and O–H groups in total. The van der Waals surface area contributed by atoms with Crippen molar-refractivity contribution in [1.82, 2.24) is 0 Å². The average molecular weight is 311 g/mol. The first-order valence-electron chi connectivity index (χ1n) is 6.19. The normalized spacial score (nSPS) is 30.0. The minimum atomic E-state index is -0.771. The zero-order chi connectivity index (χ0) is 15.6. The van der Waals surface area contributed by atoms with Gasteiger partial charge in [0.1, 0.15) is 5.25 Å². The Labute approximate surface area is 125 Å². The Balaban J connectivity index is 1.92. The number of carbonyl (C=O) groups excluding carboxylic acids is 3. The lowest BCUT2D eigenvalue weighted by molar-refractivity contribution is -0.176. The SMILES string of the molecule is C=C(C)C(=O)OCC(=O)OC1C2CC(=O)OC1C(C#N)S2. The number of nitrogens with zero attached hydrogens (tertiary/aromatic N) is 1. The van der Waals surface area contributed by atoms with Gasteiger partial charge in [-0.05, 0) is 6.92 Å². The van der Waals surface area contributed by atoms with Gasteiger partial charge < -0.3 is 14.2 Å². The van der Waals surface area contributed by atoms with Crippen molar-refractivity contribution >= 4 is 29.7 Å². The fourth-order valence-electron chi connectivity index (χ4n) is 2.06. The summed E-state index contributed by atoms with van der Waals surface area (Å²) in [6.07, 6.45) is -1.37. The van der Waals surface area contributed by atoms with Gasteiger partial charge in [-0.2, -0.15) is 5.26 Å². The van der Waals surface area contributed by atoms with E-state index in [1.54, 1.807) is 0 Å². The van der Waals surface area contributed by atoms with Gasteiger partial charge >= 0.3 is 17.9 Å². The van der Waals surface area contributed by atoms with Crippen LogP contribution in [0, 0.1) is 11.3 Å². The number of hydrogen-bond donors (Lipinski definition) is 0. The van der Waals surface area contributed by atoms with Crippen LogP contribution in [0.25, 0.3) is 0 Å². The summed E-state index contributed by atoms with van der Waals surface area (Å²) < 4.78 is 14.9. The van der Waals surface area contributed by atoms with E-state index in [1.807, 2.05) is 6.07 Å². The van der Waals surface area contributed by atoms with Crippen LogP contribution in [-0.4, -0.2) is 47.2 Å². The summed E-state index contributed by atoms with van der Waals surface area (Å²) in [7, 11) is 0. The Morgan fingerprint density at radius 2 is 2.29 bits per heavy atom. The van der Waals surface area contributed by atoms with Gasteiger partial charge in [-0.15, -0.1) is 11.8 Å². The van der Waals surface area contributed by atoms with Crippen LogP contribution in [0.15, 0.2) is 12.2 Å². The molecular formula is C13H13NO6S. The van der Waals surface area contributed by atoms with Gasteiger partial charge in [-0.25, -0.2) is 9.59 Å². The van der Waals surface area contributed by atoms with Crippen LogP contribution >= 0.6 is 11.8 Å². The summed E-state index contributed by atoms with van der Waals surface area (Å²) in [6.45, 7) is 4.31. The minimum Gasteiger partial charge on any atom is -0.456 e. The van der Waals surface area contributed by atoms with E-state index in [9.17, 15) is 14.4 Å². The number of fused-ring (bicyclic) bond motifs is 2.